The summed E-state index contributed by atoms with van der Waals surface area (Å²) in [5.74, 6) is -1.63. The van der Waals surface area contributed by atoms with Gasteiger partial charge in [-0.2, -0.15) is 0 Å². The van der Waals surface area contributed by atoms with E-state index in [1.54, 1.807) is 23.1 Å². The average Bonchev–Trinajstić information content (AvgIpc) is 3.28. The maximum atomic E-state index is 13.3. The summed E-state index contributed by atoms with van der Waals surface area (Å²) >= 11 is 2.63. The normalized spacial score (nSPS) is 13.3. The molecule has 2 N–H and O–H groups in total. The zero-order valence-corrected chi connectivity index (χ0v) is 23.3. The van der Waals surface area contributed by atoms with Crippen LogP contribution in [0.5, 0.6) is 0 Å². The van der Waals surface area contributed by atoms with E-state index in [4.69, 9.17) is 4.74 Å². The number of amides is 3. The van der Waals surface area contributed by atoms with Gasteiger partial charge in [0.05, 0.1) is 24.5 Å². The zero-order valence-electron chi connectivity index (χ0n) is 21.7. The molecule has 0 saturated heterocycles. The number of thioether (sulfide) groups is 1. The first-order chi connectivity index (χ1) is 18.7. The van der Waals surface area contributed by atoms with Crippen LogP contribution in [0.1, 0.15) is 51.4 Å². The smallest absolute Gasteiger partial charge is 0.341 e. The van der Waals surface area contributed by atoms with Gasteiger partial charge in [0.2, 0.25) is 11.8 Å². The summed E-state index contributed by atoms with van der Waals surface area (Å²) in [5, 5.41) is 5.65. The Bertz CT molecular complexity index is 1410. The van der Waals surface area contributed by atoms with Crippen LogP contribution in [0.25, 0.3) is 0 Å². The Hall–Kier alpha value is -3.70. The Morgan fingerprint density at radius 3 is 2.54 bits per heavy atom. The quantitative estimate of drug-likeness (QED) is 0.280. The second-order valence-electron chi connectivity index (χ2n) is 8.88. The number of carbonyl (C=O) groups excluding carboxylic acids is 4. The van der Waals surface area contributed by atoms with Gasteiger partial charge in [0.15, 0.2) is 0 Å². The number of benzene rings is 2. The van der Waals surface area contributed by atoms with E-state index in [1.165, 1.54) is 61.4 Å². The Kier molecular flexibility index (Phi) is 9.03. The van der Waals surface area contributed by atoms with E-state index in [0.29, 0.717) is 47.7 Å². The van der Waals surface area contributed by atoms with Crippen molar-refractivity contribution in [2.45, 2.75) is 43.4 Å². The monoisotopic (exact) mass is 569 g/mol. The predicted molar refractivity (Wildman–Crippen MR) is 150 cm³/mol. The summed E-state index contributed by atoms with van der Waals surface area (Å²) in [4.78, 5) is 53.7. The van der Waals surface area contributed by atoms with Gasteiger partial charge in [-0.15, -0.1) is 23.1 Å². The molecule has 39 heavy (non-hydrogen) atoms. The van der Waals surface area contributed by atoms with E-state index in [9.17, 15) is 23.6 Å². The van der Waals surface area contributed by atoms with Crippen molar-refractivity contribution < 1.29 is 28.3 Å². The van der Waals surface area contributed by atoms with Crippen molar-refractivity contribution in [2.24, 2.45) is 0 Å². The lowest BCUT2D eigenvalue weighted by Gasteiger charge is -2.25. The van der Waals surface area contributed by atoms with E-state index in [0.717, 1.165) is 15.3 Å². The van der Waals surface area contributed by atoms with Crippen molar-refractivity contribution in [1.82, 2.24) is 4.90 Å². The number of methoxy groups -OCH3 is 1. The van der Waals surface area contributed by atoms with Crippen LogP contribution in [0.3, 0.4) is 0 Å². The van der Waals surface area contributed by atoms with Crippen LogP contribution < -0.4 is 10.6 Å². The third-order valence-electron chi connectivity index (χ3n) is 6.27. The second kappa shape index (κ2) is 12.4. The number of rotatable bonds is 8. The van der Waals surface area contributed by atoms with Crippen LogP contribution in [0.2, 0.25) is 0 Å². The van der Waals surface area contributed by atoms with Crippen molar-refractivity contribution >= 4 is 57.5 Å². The molecule has 0 radical (unpaired) electrons. The highest BCUT2D eigenvalue weighted by Gasteiger charge is 2.31. The first kappa shape index (κ1) is 28.3. The van der Waals surface area contributed by atoms with Crippen molar-refractivity contribution in [1.29, 1.82) is 0 Å². The summed E-state index contributed by atoms with van der Waals surface area (Å²) in [6.07, 6.45) is 1.02. The number of fused-ring (bicyclic) bond motifs is 1. The summed E-state index contributed by atoms with van der Waals surface area (Å²) in [6, 6.07) is 12.4. The van der Waals surface area contributed by atoms with Gasteiger partial charge >= 0.3 is 5.97 Å². The molecule has 3 amide bonds. The van der Waals surface area contributed by atoms with Crippen LogP contribution in [0.15, 0.2) is 53.4 Å². The van der Waals surface area contributed by atoms with Gasteiger partial charge in [-0.05, 0) is 60.9 Å². The molecule has 0 fully saturated rings. The van der Waals surface area contributed by atoms with Gasteiger partial charge in [0.25, 0.3) is 5.91 Å². The first-order valence-electron chi connectivity index (χ1n) is 12.3. The number of carbonyl (C=O) groups is 4. The molecule has 0 aliphatic carbocycles. The fourth-order valence-corrected chi connectivity index (χ4v) is 6.48. The SMILES string of the molecule is CCC(Sc1cccc(NC(=O)c2ccc(F)cc2)c1)C(=O)Nc1sc2c(c1C(=O)OC)CCN(C(C)=O)C2. The van der Waals surface area contributed by atoms with Gasteiger partial charge in [-0.3, -0.25) is 14.4 Å². The fourth-order valence-electron chi connectivity index (χ4n) is 4.21. The zero-order chi connectivity index (χ0) is 28.1. The third-order valence-corrected chi connectivity index (χ3v) is 8.76. The first-order valence-corrected chi connectivity index (χ1v) is 14.0. The third kappa shape index (κ3) is 6.66. The molecule has 1 aliphatic heterocycles. The van der Waals surface area contributed by atoms with Crippen molar-refractivity contribution in [3.8, 4) is 0 Å². The molecular formula is C28H28FN3O5S2. The highest BCUT2D eigenvalue weighted by Crippen LogP contribution is 2.38. The number of hydrogen-bond donors (Lipinski definition) is 2. The number of anilines is 2. The molecule has 2 heterocycles. The number of thiophene rings is 1. The van der Waals surface area contributed by atoms with E-state index in [1.807, 2.05) is 13.0 Å². The van der Waals surface area contributed by atoms with Crippen LogP contribution in [0, 0.1) is 5.82 Å². The minimum absolute atomic E-state index is 0.0437. The van der Waals surface area contributed by atoms with Crippen molar-refractivity contribution in [3.63, 3.8) is 0 Å². The average molecular weight is 570 g/mol. The van der Waals surface area contributed by atoms with E-state index >= 15 is 0 Å². The van der Waals surface area contributed by atoms with E-state index in [-0.39, 0.29) is 17.7 Å². The van der Waals surface area contributed by atoms with Crippen LogP contribution >= 0.6 is 23.1 Å². The minimum Gasteiger partial charge on any atom is -0.465 e. The Morgan fingerprint density at radius 1 is 1.13 bits per heavy atom. The maximum Gasteiger partial charge on any atom is 0.341 e. The van der Waals surface area contributed by atoms with E-state index in [2.05, 4.69) is 10.6 Å². The van der Waals surface area contributed by atoms with E-state index < -0.39 is 17.0 Å². The molecule has 1 unspecified atom stereocenters. The number of ether oxygens (including phenoxy) is 1. The molecule has 11 heteroatoms. The molecule has 2 aromatic carbocycles. The summed E-state index contributed by atoms with van der Waals surface area (Å²) in [6.45, 7) is 4.28. The Labute approximate surface area is 233 Å². The Balaban J connectivity index is 1.48. The molecule has 0 saturated carbocycles. The molecule has 1 aliphatic rings. The fraction of sp³-hybridized carbons (Fsp3) is 0.286. The molecule has 1 atom stereocenters. The standard InChI is InChI=1S/C28H28FN3O5S2/c1-4-22(38-20-7-5-6-19(14-20)30-25(34)17-8-10-18(29)11-9-17)26(35)31-27-24(28(36)37-3)21-12-13-32(16(2)33)15-23(21)39-27/h5-11,14,22H,4,12-13,15H2,1-3H3,(H,30,34)(H,31,35). The Morgan fingerprint density at radius 2 is 1.87 bits per heavy atom. The second-order valence-corrected chi connectivity index (χ2v) is 11.3. The molecular weight excluding hydrogens is 541 g/mol. The molecule has 204 valence electrons. The molecule has 4 rings (SSSR count). The largest absolute Gasteiger partial charge is 0.465 e. The highest BCUT2D eigenvalue weighted by atomic mass is 32.2. The number of halogens is 1. The van der Waals surface area contributed by atoms with Gasteiger partial charge in [-0.1, -0.05) is 13.0 Å². The topological polar surface area (TPSA) is 105 Å². The summed E-state index contributed by atoms with van der Waals surface area (Å²) in [5.41, 5.74) is 2.02. The lowest BCUT2D eigenvalue weighted by molar-refractivity contribution is -0.129. The predicted octanol–water partition coefficient (Wildman–Crippen LogP) is 5.34. The lowest BCUT2D eigenvalue weighted by atomic mass is 10.0. The van der Waals surface area contributed by atoms with Crippen LogP contribution in [-0.2, 0) is 27.3 Å². The molecule has 3 aromatic rings. The highest BCUT2D eigenvalue weighted by molar-refractivity contribution is 8.00. The number of nitrogens with one attached hydrogen (secondary N) is 2. The van der Waals surface area contributed by atoms with Crippen LogP contribution in [0.4, 0.5) is 15.1 Å². The number of esters is 1. The number of nitrogens with zero attached hydrogens (tertiary/aromatic N) is 1. The minimum atomic E-state index is -0.524. The molecule has 1 aromatic heterocycles. The van der Waals surface area contributed by atoms with Gasteiger partial charge in [-0.25, -0.2) is 9.18 Å². The molecule has 8 nitrogen and oxygen atoms in total. The summed E-state index contributed by atoms with van der Waals surface area (Å²) in [7, 11) is 1.30. The van der Waals surface area contributed by atoms with Gasteiger partial charge in [0, 0.05) is 34.5 Å². The van der Waals surface area contributed by atoms with Crippen LogP contribution in [-0.4, -0.2) is 47.5 Å². The maximum absolute atomic E-state index is 13.3. The van der Waals surface area contributed by atoms with Crippen molar-refractivity contribution in [3.05, 3.63) is 75.9 Å². The summed E-state index contributed by atoms with van der Waals surface area (Å²) < 4.78 is 18.2. The molecule has 0 bridgehead atoms. The molecule has 0 spiro atoms. The van der Waals surface area contributed by atoms with Gasteiger partial charge < -0.3 is 20.3 Å². The van der Waals surface area contributed by atoms with Crippen molar-refractivity contribution in [2.75, 3.05) is 24.3 Å². The lowest BCUT2D eigenvalue weighted by Crippen LogP contribution is -2.34. The number of hydrogen-bond acceptors (Lipinski definition) is 7. The van der Waals surface area contributed by atoms with Gasteiger partial charge in [0.1, 0.15) is 10.8 Å².